The van der Waals surface area contributed by atoms with Gasteiger partial charge in [-0.15, -0.1) is 11.3 Å². The molecule has 0 fully saturated rings. The van der Waals surface area contributed by atoms with E-state index in [4.69, 9.17) is 5.11 Å². The fourth-order valence-electron chi connectivity index (χ4n) is 1.85. The van der Waals surface area contributed by atoms with Gasteiger partial charge >= 0.3 is 0 Å². The molecule has 0 unspecified atom stereocenters. The van der Waals surface area contributed by atoms with Crippen LogP contribution in [0.4, 0.5) is 0 Å². The zero-order valence-corrected chi connectivity index (χ0v) is 11.3. The van der Waals surface area contributed by atoms with Crippen LogP contribution in [-0.2, 0) is 4.79 Å². The average Bonchev–Trinajstić information content (AvgIpc) is 2.96. The summed E-state index contributed by atoms with van der Waals surface area (Å²) in [5.41, 5.74) is 2.71. The molecule has 0 saturated heterocycles. The standard InChI is InChI=1S/C13H16N2O2S/c1-9-14-12(8-18-9)10-3-4-11(7-10)13(17)15(2)5-6-16/h3,7-8,16H,4-6H2,1-2H3. The van der Waals surface area contributed by atoms with Crippen LogP contribution in [0.25, 0.3) is 5.57 Å². The highest BCUT2D eigenvalue weighted by Gasteiger charge is 2.19. The molecule has 0 aromatic carbocycles. The zero-order chi connectivity index (χ0) is 13.1. The van der Waals surface area contributed by atoms with Crippen molar-refractivity contribution in [1.29, 1.82) is 0 Å². The predicted octanol–water partition coefficient (Wildman–Crippen LogP) is 1.62. The van der Waals surface area contributed by atoms with Gasteiger partial charge in [0.1, 0.15) is 0 Å². The number of amides is 1. The number of aliphatic hydroxyl groups excluding tert-OH is 1. The summed E-state index contributed by atoms with van der Waals surface area (Å²) >= 11 is 1.61. The lowest BCUT2D eigenvalue weighted by molar-refractivity contribution is -0.126. The number of hydrogen-bond acceptors (Lipinski definition) is 4. The van der Waals surface area contributed by atoms with E-state index in [1.807, 2.05) is 24.5 Å². The van der Waals surface area contributed by atoms with Crippen molar-refractivity contribution in [2.75, 3.05) is 20.2 Å². The first-order valence-electron chi connectivity index (χ1n) is 5.81. The molecule has 1 heterocycles. The number of carbonyl (C=O) groups excluding carboxylic acids is 1. The van der Waals surface area contributed by atoms with Crippen LogP contribution in [0.3, 0.4) is 0 Å². The third-order valence-corrected chi connectivity index (χ3v) is 3.62. The molecule has 5 heteroatoms. The number of rotatable bonds is 4. The van der Waals surface area contributed by atoms with Gasteiger partial charge in [0.05, 0.1) is 17.3 Å². The summed E-state index contributed by atoms with van der Waals surface area (Å²) in [6.45, 7) is 2.32. The number of hydrogen-bond donors (Lipinski definition) is 1. The summed E-state index contributed by atoms with van der Waals surface area (Å²) in [6.07, 6.45) is 4.56. The van der Waals surface area contributed by atoms with E-state index in [2.05, 4.69) is 4.98 Å². The van der Waals surface area contributed by atoms with Crippen molar-refractivity contribution < 1.29 is 9.90 Å². The van der Waals surface area contributed by atoms with Crippen molar-refractivity contribution in [3.63, 3.8) is 0 Å². The van der Waals surface area contributed by atoms with Crippen LogP contribution in [0, 0.1) is 6.92 Å². The Labute approximate surface area is 110 Å². The van der Waals surface area contributed by atoms with Gasteiger partial charge in [0.25, 0.3) is 0 Å². The van der Waals surface area contributed by atoms with Crippen LogP contribution in [-0.4, -0.2) is 41.1 Å². The Balaban J connectivity index is 2.09. The van der Waals surface area contributed by atoms with Crippen LogP contribution < -0.4 is 0 Å². The number of likely N-dealkylation sites (N-methyl/N-ethyl adjacent to an activating group) is 1. The van der Waals surface area contributed by atoms with E-state index in [1.54, 1.807) is 18.4 Å². The van der Waals surface area contributed by atoms with Crippen LogP contribution >= 0.6 is 11.3 Å². The monoisotopic (exact) mass is 264 g/mol. The summed E-state index contributed by atoms with van der Waals surface area (Å²) < 4.78 is 0. The topological polar surface area (TPSA) is 53.4 Å². The number of allylic oxidation sites excluding steroid dienone is 3. The molecule has 2 rings (SSSR count). The smallest absolute Gasteiger partial charge is 0.249 e. The average molecular weight is 264 g/mol. The molecule has 0 radical (unpaired) electrons. The second kappa shape index (κ2) is 5.46. The van der Waals surface area contributed by atoms with Crippen molar-refractivity contribution in [1.82, 2.24) is 9.88 Å². The van der Waals surface area contributed by atoms with Crippen molar-refractivity contribution >= 4 is 22.8 Å². The molecule has 0 bridgehead atoms. The molecule has 4 nitrogen and oxygen atoms in total. The molecule has 1 aromatic heterocycles. The Bertz CT molecular complexity index is 517. The van der Waals surface area contributed by atoms with E-state index in [-0.39, 0.29) is 12.5 Å². The highest BCUT2D eigenvalue weighted by Crippen LogP contribution is 2.27. The maximum absolute atomic E-state index is 12.0. The minimum atomic E-state index is -0.0257. The van der Waals surface area contributed by atoms with Crippen LogP contribution in [0.1, 0.15) is 17.1 Å². The number of aryl methyl sites for hydroxylation is 1. The molecule has 0 spiro atoms. The summed E-state index contributed by atoms with van der Waals surface area (Å²) in [6, 6.07) is 0. The van der Waals surface area contributed by atoms with Gasteiger partial charge in [0.15, 0.2) is 0 Å². The van der Waals surface area contributed by atoms with Crippen LogP contribution in [0.15, 0.2) is 23.1 Å². The van der Waals surface area contributed by atoms with E-state index < -0.39 is 0 Å². The summed E-state index contributed by atoms with van der Waals surface area (Å²) in [7, 11) is 1.70. The first-order valence-corrected chi connectivity index (χ1v) is 6.69. The Hall–Kier alpha value is -1.46. The number of aliphatic hydroxyl groups is 1. The lowest BCUT2D eigenvalue weighted by Crippen LogP contribution is -2.30. The molecule has 0 atom stereocenters. The third-order valence-electron chi connectivity index (χ3n) is 2.84. The minimum Gasteiger partial charge on any atom is -0.395 e. The van der Waals surface area contributed by atoms with Gasteiger partial charge in [-0.2, -0.15) is 0 Å². The molecular weight excluding hydrogens is 248 g/mol. The summed E-state index contributed by atoms with van der Waals surface area (Å²) in [5.74, 6) is -0.0257. The van der Waals surface area contributed by atoms with Crippen molar-refractivity contribution in [2.24, 2.45) is 0 Å². The molecule has 18 heavy (non-hydrogen) atoms. The van der Waals surface area contributed by atoms with E-state index in [9.17, 15) is 4.79 Å². The van der Waals surface area contributed by atoms with Gasteiger partial charge in [0, 0.05) is 24.5 Å². The third kappa shape index (κ3) is 2.68. The summed E-state index contributed by atoms with van der Waals surface area (Å²) in [5, 5.41) is 11.9. The van der Waals surface area contributed by atoms with Gasteiger partial charge in [-0.05, 0) is 25.0 Å². The molecular formula is C13H16N2O2S. The maximum atomic E-state index is 12.0. The zero-order valence-electron chi connectivity index (χ0n) is 10.5. The highest BCUT2D eigenvalue weighted by molar-refractivity contribution is 7.09. The van der Waals surface area contributed by atoms with E-state index >= 15 is 0 Å². The largest absolute Gasteiger partial charge is 0.395 e. The van der Waals surface area contributed by atoms with Gasteiger partial charge in [-0.3, -0.25) is 4.79 Å². The van der Waals surface area contributed by atoms with Gasteiger partial charge in [-0.25, -0.2) is 4.98 Å². The quantitative estimate of drug-likeness (QED) is 0.899. The first-order chi connectivity index (χ1) is 8.61. The second-order valence-electron chi connectivity index (χ2n) is 4.24. The Morgan fingerprint density at radius 3 is 3.00 bits per heavy atom. The lowest BCUT2D eigenvalue weighted by Gasteiger charge is -2.15. The van der Waals surface area contributed by atoms with E-state index in [1.165, 1.54) is 4.90 Å². The lowest BCUT2D eigenvalue weighted by atomic mass is 10.2. The fraction of sp³-hybridized carbons (Fsp3) is 0.385. The van der Waals surface area contributed by atoms with Crippen LogP contribution in [0.2, 0.25) is 0 Å². The second-order valence-corrected chi connectivity index (χ2v) is 5.30. The maximum Gasteiger partial charge on any atom is 0.249 e. The number of thiazole rings is 1. The molecule has 1 aliphatic rings. The molecule has 1 N–H and O–H groups in total. The SMILES string of the molecule is Cc1nc(C2=CCC(C(=O)N(C)CCO)=C2)cs1. The van der Waals surface area contributed by atoms with Crippen molar-refractivity contribution in [2.45, 2.75) is 13.3 Å². The molecule has 96 valence electrons. The molecule has 1 aromatic rings. The normalized spacial score (nSPS) is 14.4. The Morgan fingerprint density at radius 1 is 1.61 bits per heavy atom. The fourth-order valence-corrected chi connectivity index (χ4v) is 2.47. The minimum absolute atomic E-state index is 0.0128. The molecule has 0 saturated carbocycles. The molecule has 0 aliphatic heterocycles. The van der Waals surface area contributed by atoms with Gasteiger partial charge in [-0.1, -0.05) is 6.08 Å². The Morgan fingerprint density at radius 2 is 2.39 bits per heavy atom. The predicted molar refractivity (Wildman–Crippen MR) is 72.3 cm³/mol. The Kier molecular flexibility index (Phi) is 3.93. The van der Waals surface area contributed by atoms with Crippen molar-refractivity contribution in [3.05, 3.63) is 33.8 Å². The van der Waals surface area contributed by atoms with Crippen LogP contribution in [0.5, 0.6) is 0 Å². The molecule has 1 amide bonds. The van der Waals surface area contributed by atoms with Crippen molar-refractivity contribution in [3.8, 4) is 0 Å². The number of aromatic nitrogens is 1. The summed E-state index contributed by atoms with van der Waals surface area (Å²) in [4.78, 5) is 18.0. The van der Waals surface area contributed by atoms with Gasteiger partial charge in [0.2, 0.25) is 5.91 Å². The van der Waals surface area contributed by atoms with E-state index in [0.717, 1.165) is 21.8 Å². The highest BCUT2D eigenvalue weighted by atomic mass is 32.1. The first kappa shape index (κ1) is 13.0. The van der Waals surface area contributed by atoms with E-state index in [0.29, 0.717) is 13.0 Å². The number of nitrogens with zero attached hydrogens (tertiary/aromatic N) is 2. The number of carbonyl (C=O) groups is 1. The molecule has 1 aliphatic carbocycles. The van der Waals surface area contributed by atoms with Gasteiger partial charge < -0.3 is 10.0 Å².